The number of nitrogens with two attached hydrogens (primary N) is 1. The van der Waals surface area contributed by atoms with Gasteiger partial charge in [0.2, 0.25) is 10.0 Å². The minimum Gasteiger partial charge on any atom is -0.398 e. The zero-order chi connectivity index (χ0) is 14.6. The van der Waals surface area contributed by atoms with Crippen molar-refractivity contribution in [3.63, 3.8) is 0 Å². The second-order valence-corrected chi connectivity index (χ2v) is 6.84. The first kappa shape index (κ1) is 16.4. The molecule has 0 saturated carbocycles. The molecule has 19 heavy (non-hydrogen) atoms. The van der Waals surface area contributed by atoms with Gasteiger partial charge in [-0.3, -0.25) is 0 Å². The van der Waals surface area contributed by atoms with Crippen molar-refractivity contribution in [1.29, 1.82) is 0 Å². The molecule has 0 aliphatic rings. The molecule has 0 bridgehead atoms. The standard InChI is InChI=1S/C11H16BrFN2O3S/c1-15(4-3-5-18-2)19(16,17)11-6-8(12)9(13)7-10(11)14/h6-7H,3-5,14H2,1-2H3. The van der Waals surface area contributed by atoms with E-state index in [4.69, 9.17) is 10.5 Å². The van der Waals surface area contributed by atoms with Gasteiger partial charge in [-0.1, -0.05) is 0 Å². The van der Waals surface area contributed by atoms with Crippen molar-refractivity contribution in [3.8, 4) is 0 Å². The normalized spacial score (nSPS) is 12.1. The fourth-order valence-electron chi connectivity index (χ4n) is 1.49. The topological polar surface area (TPSA) is 72.6 Å². The molecule has 0 amide bonds. The molecule has 1 rings (SSSR count). The van der Waals surface area contributed by atoms with E-state index in [2.05, 4.69) is 15.9 Å². The van der Waals surface area contributed by atoms with Crippen molar-refractivity contribution in [1.82, 2.24) is 4.31 Å². The summed E-state index contributed by atoms with van der Waals surface area (Å²) in [7, 11) is -0.742. The average Bonchev–Trinajstić information content (AvgIpc) is 2.33. The molecule has 0 unspecified atom stereocenters. The Hall–Kier alpha value is -0.700. The third kappa shape index (κ3) is 3.88. The molecule has 2 N–H and O–H groups in total. The molecular formula is C11H16BrFN2O3S. The van der Waals surface area contributed by atoms with Crippen LogP contribution in [0.2, 0.25) is 0 Å². The number of benzene rings is 1. The maximum atomic E-state index is 13.2. The highest BCUT2D eigenvalue weighted by molar-refractivity contribution is 9.10. The van der Waals surface area contributed by atoms with Crippen LogP contribution in [0.5, 0.6) is 0 Å². The summed E-state index contributed by atoms with van der Waals surface area (Å²) in [4.78, 5) is -0.110. The number of halogens is 2. The largest absolute Gasteiger partial charge is 0.398 e. The Kier molecular flexibility index (Phi) is 5.72. The zero-order valence-electron chi connectivity index (χ0n) is 10.7. The van der Waals surface area contributed by atoms with E-state index in [-0.39, 0.29) is 15.1 Å². The summed E-state index contributed by atoms with van der Waals surface area (Å²) in [5, 5.41) is 0. The van der Waals surface area contributed by atoms with Crippen LogP contribution in [0.4, 0.5) is 10.1 Å². The number of ether oxygens (including phenoxy) is 1. The molecule has 0 aliphatic carbocycles. The van der Waals surface area contributed by atoms with Gasteiger partial charge in [-0.15, -0.1) is 0 Å². The van der Waals surface area contributed by atoms with Crippen LogP contribution in [-0.4, -0.2) is 40.0 Å². The maximum absolute atomic E-state index is 13.2. The molecule has 0 heterocycles. The maximum Gasteiger partial charge on any atom is 0.244 e. The van der Waals surface area contributed by atoms with Gasteiger partial charge in [0.25, 0.3) is 0 Å². The van der Waals surface area contributed by atoms with E-state index in [1.54, 1.807) is 7.11 Å². The summed E-state index contributed by atoms with van der Waals surface area (Å²) in [6, 6.07) is 2.16. The SMILES string of the molecule is COCCCN(C)S(=O)(=O)c1cc(Br)c(F)cc1N. The van der Waals surface area contributed by atoms with Crippen LogP contribution < -0.4 is 5.73 Å². The van der Waals surface area contributed by atoms with Crippen LogP contribution in [0.3, 0.4) is 0 Å². The van der Waals surface area contributed by atoms with Crippen LogP contribution in [0.25, 0.3) is 0 Å². The fourth-order valence-corrected chi connectivity index (χ4v) is 3.31. The number of hydrogen-bond acceptors (Lipinski definition) is 4. The van der Waals surface area contributed by atoms with Gasteiger partial charge in [-0.2, -0.15) is 0 Å². The number of hydrogen-bond donors (Lipinski definition) is 1. The molecule has 0 aliphatic heterocycles. The Labute approximate surface area is 120 Å². The van der Waals surface area contributed by atoms with Gasteiger partial charge in [0.05, 0.1) is 10.2 Å². The fraction of sp³-hybridized carbons (Fsp3) is 0.455. The first-order chi connectivity index (χ1) is 8.80. The summed E-state index contributed by atoms with van der Waals surface area (Å²) in [6.45, 7) is 0.757. The van der Waals surface area contributed by atoms with Crippen molar-refractivity contribution in [2.45, 2.75) is 11.3 Å². The molecule has 0 fully saturated rings. The second-order valence-electron chi connectivity index (χ2n) is 3.98. The highest BCUT2D eigenvalue weighted by atomic mass is 79.9. The molecule has 0 saturated heterocycles. The molecule has 0 spiro atoms. The zero-order valence-corrected chi connectivity index (χ0v) is 13.1. The van der Waals surface area contributed by atoms with E-state index < -0.39 is 15.8 Å². The average molecular weight is 355 g/mol. The third-order valence-electron chi connectivity index (χ3n) is 2.56. The number of methoxy groups -OCH3 is 1. The molecule has 5 nitrogen and oxygen atoms in total. The van der Waals surface area contributed by atoms with E-state index in [9.17, 15) is 12.8 Å². The van der Waals surface area contributed by atoms with Gasteiger partial charge in [-0.25, -0.2) is 17.1 Å². The highest BCUT2D eigenvalue weighted by Crippen LogP contribution is 2.28. The Balaban J connectivity index is 3.03. The van der Waals surface area contributed by atoms with Gasteiger partial charge in [0, 0.05) is 27.3 Å². The van der Waals surface area contributed by atoms with Gasteiger partial charge in [0.1, 0.15) is 10.7 Å². The van der Waals surface area contributed by atoms with Crippen LogP contribution in [0.1, 0.15) is 6.42 Å². The number of rotatable bonds is 6. The van der Waals surface area contributed by atoms with Crippen molar-refractivity contribution in [2.24, 2.45) is 0 Å². The predicted molar refractivity (Wildman–Crippen MR) is 74.8 cm³/mol. The Morgan fingerprint density at radius 1 is 1.47 bits per heavy atom. The third-order valence-corrected chi connectivity index (χ3v) is 5.08. The number of nitrogens with zero attached hydrogens (tertiary/aromatic N) is 1. The molecule has 0 radical (unpaired) electrons. The highest BCUT2D eigenvalue weighted by Gasteiger charge is 2.24. The molecular weight excluding hydrogens is 339 g/mol. The predicted octanol–water partition coefficient (Wildman–Crippen LogP) is 1.83. The monoisotopic (exact) mass is 354 g/mol. The molecule has 0 aromatic heterocycles. The van der Waals surface area contributed by atoms with E-state index in [0.29, 0.717) is 19.6 Å². The Morgan fingerprint density at radius 3 is 2.68 bits per heavy atom. The lowest BCUT2D eigenvalue weighted by atomic mass is 10.3. The van der Waals surface area contributed by atoms with Crippen molar-refractivity contribution in [2.75, 3.05) is 33.0 Å². The van der Waals surface area contributed by atoms with Crippen LogP contribution in [0.15, 0.2) is 21.5 Å². The molecule has 1 aromatic rings. The van der Waals surface area contributed by atoms with Gasteiger partial charge < -0.3 is 10.5 Å². The quantitative estimate of drug-likeness (QED) is 0.624. The first-order valence-electron chi connectivity index (χ1n) is 5.50. The van der Waals surface area contributed by atoms with Gasteiger partial charge in [0.15, 0.2) is 0 Å². The summed E-state index contributed by atoms with van der Waals surface area (Å²) >= 11 is 2.95. The van der Waals surface area contributed by atoms with Crippen molar-refractivity contribution in [3.05, 3.63) is 22.4 Å². The molecule has 1 aromatic carbocycles. The van der Waals surface area contributed by atoms with Crippen LogP contribution in [-0.2, 0) is 14.8 Å². The summed E-state index contributed by atoms with van der Waals surface area (Å²) in [5.74, 6) is -0.599. The lowest BCUT2D eigenvalue weighted by Crippen LogP contribution is -2.29. The van der Waals surface area contributed by atoms with Crippen molar-refractivity contribution < 1.29 is 17.5 Å². The number of anilines is 1. The van der Waals surface area contributed by atoms with Gasteiger partial charge >= 0.3 is 0 Å². The van der Waals surface area contributed by atoms with Crippen LogP contribution in [0, 0.1) is 5.82 Å². The van der Waals surface area contributed by atoms with E-state index >= 15 is 0 Å². The Morgan fingerprint density at radius 2 is 2.11 bits per heavy atom. The summed E-state index contributed by atoms with van der Waals surface area (Å²) in [5.41, 5.74) is 5.47. The minimum absolute atomic E-state index is 0.0607. The first-order valence-corrected chi connectivity index (χ1v) is 7.73. The minimum atomic E-state index is -3.73. The van der Waals surface area contributed by atoms with Gasteiger partial charge in [-0.05, 0) is 34.5 Å². The smallest absolute Gasteiger partial charge is 0.244 e. The Bertz CT molecular complexity index is 551. The summed E-state index contributed by atoms with van der Waals surface area (Å²) < 4.78 is 43.9. The van der Waals surface area contributed by atoms with E-state index in [0.717, 1.165) is 6.07 Å². The lowest BCUT2D eigenvalue weighted by Gasteiger charge is -2.18. The van der Waals surface area contributed by atoms with Crippen molar-refractivity contribution >= 4 is 31.6 Å². The second kappa shape index (κ2) is 6.65. The number of nitrogen functional groups attached to an aromatic ring is 1. The number of sulfonamides is 1. The molecule has 0 atom stereocenters. The van der Waals surface area contributed by atoms with E-state index in [1.807, 2.05) is 0 Å². The molecule has 108 valence electrons. The van der Waals surface area contributed by atoms with E-state index in [1.165, 1.54) is 17.4 Å². The molecule has 8 heteroatoms. The van der Waals surface area contributed by atoms with Crippen LogP contribution >= 0.6 is 15.9 Å². The summed E-state index contributed by atoms with van der Waals surface area (Å²) in [6.07, 6.45) is 0.564. The lowest BCUT2D eigenvalue weighted by molar-refractivity contribution is 0.189.